The van der Waals surface area contributed by atoms with Crippen molar-refractivity contribution in [1.82, 2.24) is 10.3 Å². The van der Waals surface area contributed by atoms with Gasteiger partial charge in [0.05, 0.1) is 6.42 Å². The van der Waals surface area contributed by atoms with Crippen LogP contribution >= 0.6 is 11.3 Å². The van der Waals surface area contributed by atoms with Gasteiger partial charge in [-0.25, -0.2) is 4.98 Å². The second-order valence-corrected chi connectivity index (χ2v) is 5.43. The first-order valence-electron chi connectivity index (χ1n) is 5.57. The quantitative estimate of drug-likeness (QED) is 0.920. The third kappa shape index (κ3) is 2.29. The van der Waals surface area contributed by atoms with E-state index in [9.17, 15) is 18.0 Å². The van der Waals surface area contributed by atoms with Crippen LogP contribution in [-0.2, 0) is 11.2 Å². The first kappa shape index (κ1) is 13.5. The summed E-state index contributed by atoms with van der Waals surface area (Å²) in [6.45, 7) is 1.66. The summed E-state index contributed by atoms with van der Waals surface area (Å²) in [6, 6.07) is 0. The number of aromatic nitrogens is 1. The van der Waals surface area contributed by atoms with E-state index in [1.54, 1.807) is 12.3 Å². The smallest absolute Gasteiger partial charge is 0.315 e. The Morgan fingerprint density at radius 3 is 2.78 bits per heavy atom. The Kier molecular flexibility index (Phi) is 3.46. The molecule has 1 fully saturated rings. The summed E-state index contributed by atoms with van der Waals surface area (Å²) in [6.07, 6.45) is -4.92. The first-order valence-corrected chi connectivity index (χ1v) is 6.45. The molecule has 1 aliphatic heterocycles. The number of hydrogen-bond acceptors (Lipinski definition) is 4. The van der Waals surface area contributed by atoms with Crippen LogP contribution < -0.4 is 5.32 Å². The van der Waals surface area contributed by atoms with Crippen LogP contribution in [0.25, 0.3) is 0 Å². The lowest BCUT2D eigenvalue weighted by Crippen LogP contribution is -2.47. The molecule has 3 nitrogen and oxygen atoms in total. The molecular formula is C11H13F3N2OS. The number of aryl methyl sites for hydroxylation is 1. The fourth-order valence-corrected chi connectivity index (χ4v) is 2.89. The van der Waals surface area contributed by atoms with Gasteiger partial charge in [0, 0.05) is 17.6 Å². The lowest BCUT2D eigenvalue weighted by atomic mass is 9.80. The summed E-state index contributed by atoms with van der Waals surface area (Å²) in [7, 11) is 0. The molecule has 1 aromatic rings. The molecule has 18 heavy (non-hydrogen) atoms. The van der Waals surface area contributed by atoms with Gasteiger partial charge < -0.3 is 5.32 Å². The molecule has 2 rings (SSSR count). The average molecular weight is 278 g/mol. The molecule has 0 spiro atoms. The highest BCUT2D eigenvalue weighted by atomic mass is 32.1. The molecule has 1 aromatic heterocycles. The van der Waals surface area contributed by atoms with Crippen LogP contribution in [0.2, 0.25) is 0 Å². The summed E-state index contributed by atoms with van der Waals surface area (Å²) in [5.74, 6) is -0.783. The van der Waals surface area contributed by atoms with Crippen LogP contribution in [0.5, 0.6) is 0 Å². The van der Waals surface area contributed by atoms with Gasteiger partial charge in [0.1, 0.15) is 10.4 Å². The molecule has 1 N–H and O–H groups in total. The molecule has 7 heteroatoms. The third-order valence-corrected chi connectivity index (χ3v) is 4.18. The van der Waals surface area contributed by atoms with Crippen LogP contribution in [0, 0.1) is 12.3 Å². The van der Waals surface area contributed by atoms with Gasteiger partial charge in [-0.1, -0.05) is 0 Å². The number of carbonyl (C=O) groups excluding carboxylic acids is 1. The standard InChI is InChI=1S/C11H13F3N2OS/c1-7-5-18-9(16-7)4-8(17)10(11(12,13)14)2-3-15-6-10/h5,15H,2-4,6H2,1H3. The van der Waals surface area contributed by atoms with Crippen LogP contribution in [0.15, 0.2) is 5.38 Å². The Morgan fingerprint density at radius 1 is 1.61 bits per heavy atom. The number of carbonyl (C=O) groups is 1. The van der Waals surface area contributed by atoms with Crippen LogP contribution in [0.1, 0.15) is 17.1 Å². The molecule has 0 saturated carbocycles. The molecule has 0 aromatic carbocycles. The monoisotopic (exact) mass is 278 g/mol. The Labute approximate surface area is 106 Å². The topological polar surface area (TPSA) is 42.0 Å². The number of hydrogen-bond donors (Lipinski definition) is 1. The van der Waals surface area contributed by atoms with Crippen LogP contribution in [0.3, 0.4) is 0 Å². The van der Waals surface area contributed by atoms with E-state index in [-0.39, 0.29) is 25.9 Å². The summed E-state index contributed by atoms with van der Waals surface area (Å²) >= 11 is 1.23. The largest absolute Gasteiger partial charge is 0.402 e. The summed E-state index contributed by atoms with van der Waals surface area (Å²) in [5, 5.41) is 4.82. The maximum Gasteiger partial charge on any atom is 0.402 e. The van der Waals surface area contributed by atoms with Gasteiger partial charge in [0.2, 0.25) is 0 Å². The van der Waals surface area contributed by atoms with E-state index in [4.69, 9.17) is 0 Å². The van der Waals surface area contributed by atoms with Crippen molar-refractivity contribution >= 4 is 17.1 Å². The minimum atomic E-state index is -4.50. The summed E-state index contributed by atoms with van der Waals surface area (Å²) in [4.78, 5) is 16.0. The normalized spacial score (nSPS) is 24.4. The Bertz CT molecular complexity index is 449. The molecule has 0 aliphatic carbocycles. The van der Waals surface area contributed by atoms with Gasteiger partial charge in [0.15, 0.2) is 5.78 Å². The predicted octanol–water partition coefficient (Wildman–Crippen LogP) is 2.11. The zero-order valence-corrected chi connectivity index (χ0v) is 10.6. The fourth-order valence-electron chi connectivity index (χ4n) is 2.12. The van der Waals surface area contributed by atoms with E-state index in [1.165, 1.54) is 11.3 Å². The third-order valence-electron chi connectivity index (χ3n) is 3.21. The SMILES string of the molecule is Cc1csc(CC(=O)C2(C(F)(F)F)CCNC2)n1. The van der Waals surface area contributed by atoms with Crippen molar-refractivity contribution in [2.24, 2.45) is 5.41 Å². The second kappa shape index (κ2) is 4.62. The summed E-state index contributed by atoms with van der Waals surface area (Å²) in [5.41, 5.74) is -1.50. The predicted molar refractivity (Wildman–Crippen MR) is 61.5 cm³/mol. The van der Waals surface area contributed by atoms with Crippen LogP contribution in [-0.4, -0.2) is 30.0 Å². The molecule has 1 unspecified atom stereocenters. The van der Waals surface area contributed by atoms with Gasteiger partial charge in [-0.3, -0.25) is 4.79 Å². The number of rotatable bonds is 3. The highest BCUT2D eigenvalue weighted by molar-refractivity contribution is 7.09. The Balaban J connectivity index is 2.20. The van der Waals surface area contributed by atoms with E-state index >= 15 is 0 Å². The minimum Gasteiger partial charge on any atom is -0.315 e. The van der Waals surface area contributed by atoms with Crippen molar-refractivity contribution in [1.29, 1.82) is 0 Å². The van der Waals surface area contributed by atoms with Gasteiger partial charge >= 0.3 is 6.18 Å². The number of alkyl halides is 3. The van der Waals surface area contributed by atoms with Crippen molar-refractivity contribution in [3.63, 3.8) is 0 Å². The highest BCUT2D eigenvalue weighted by Crippen LogP contribution is 2.44. The molecule has 100 valence electrons. The first-order chi connectivity index (χ1) is 8.35. The molecule has 0 amide bonds. The van der Waals surface area contributed by atoms with Gasteiger partial charge in [0.25, 0.3) is 0 Å². The molecular weight excluding hydrogens is 265 g/mol. The molecule has 1 aliphatic rings. The van der Waals surface area contributed by atoms with Crippen LogP contribution in [0.4, 0.5) is 13.2 Å². The number of halogens is 3. The zero-order chi connectivity index (χ0) is 13.4. The van der Waals surface area contributed by atoms with Crippen molar-refractivity contribution in [2.45, 2.75) is 25.9 Å². The molecule has 1 saturated heterocycles. The van der Waals surface area contributed by atoms with Crippen molar-refractivity contribution in [3.05, 3.63) is 16.1 Å². The fraction of sp³-hybridized carbons (Fsp3) is 0.636. The maximum absolute atomic E-state index is 13.1. The molecule has 1 atom stereocenters. The van der Waals surface area contributed by atoms with E-state index in [1.807, 2.05) is 0 Å². The summed E-state index contributed by atoms with van der Waals surface area (Å²) < 4.78 is 39.3. The average Bonchev–Trinajstić information content (AvgIpc) is 2.86. The van der Waals surface area contributed by atoms with E-state index in [0.717, 1.165) is 5.69 Å². The van der Waals surface area contributed by atoms with Crippen molar-refractivity contribution in [2.75, 3.05) is 13.1 Å². The molecule has 0 radical (unpaired) electrons. The Hall–Kier alpha value is -0.950. The minimum absolute atomic E-state index is 0.181. The van der Waals surface area contributed by atoms with E-state index in [2.05, 4.69) is 10.3 Å². The number of ketones is 1. The Morgan fingerprint density at radius 2 is 2.33 bits per heavy atom. The lowest BCUT2D eigenvalue weighted by Gasteiger charge is -2.28. The lowest BCUT2D eigenvalue weighted by molar-refractivity contribution is -0.214. The molecule has 2 heterocycles. The molecule has 0 bridgehead atoms. The van der Waals surface area contributed by atoms with Crippen molar-refractivity contribution in [3.8, 4) is 0 Å². The van der Waals surface area contributed by atoms with E-state index < -0.39 is 17.4 Å². The zero-order valence-electron chi connectivity index (χ0n) is 9.80. The second-order valence-electron chi connectivity index (χ2n) is 4.49. The number of thiazole rings is 1. The van der Waals surface area contributed by atoms with E-state index in [0.29, 0.717) is 5.01 Å². The number of Topliss-reactive ketones (excluding diaryl/α,β-unsaturated/α-hetero) is 1. The number of nitrogens with zero attached hydrogens (tertiary/aromatic N) is 1. The van der Waals surface area contributed by atoms with Gasteiger partial charge in [-0.05, 0) is 19.9 Å². The van der Waals surface area contributed by atoms with Crippen molar-refractivity contribution < 1.29 is 18.0 Å². The maximum atomic E-state index is 13.1. The van der Waals surface area contributed by atoms with Gasteiger partial charge in [-0.15, -0.1) is 11.3 Å². The highest BCUT2D eigenvalue weighted by Gasteiger charge is 2.60. The van der Waals surface area contributed by atoms with Gasteiger partial charge in [-0.2, -0.15) is 13.2 Å². The number of nitrogens with one attached hydrogen (secondary N) is 1.